The molecule has 0 atom stereocenters. The van der Waals surface area contributed by atoms with E-state index in [0.717, 1.165) is 11.1 Å². The Morgan fingerprint density at radius 2 is 0.875 bits per heavy atom. The Morgan fingerprint density at radius 3 is 1.27 bits per heavy atom. The van der Waals surface area contributed by atoms with Gasteiger partial charge in [-0.1, -0.05) is 66.7 Å². The van der Waals surface area contributed by atoms with Gasteiger partial charge in [0.05, 0.1) is 0 Å². The van der Waals surface area contributed by atoms with Crippen LogP contribution < -0.4 is 20.1 Å². The van der Waals surface area contributed by atoms with E-state index in [1.54, 1.807) is 72.8 Å². The summed E-state index contributed by atoms with van der Waals surface area (Å²) in [6, 6.07) is 40.7. The molecule has 0 unspecified atom stereocenters. The van der Waals surface area contributed by atoms with Crippen LogP contribution in [-0.2, 0) is 13.2 Å². The maximum Gasteiger partial charge on any atom is 0.255 e. The zero-order valence-corrected chi connectivity index (χ0v) is 21.7. The summed E-state index contributed by atoms with van der Waals surface area (Å²) in [5.41, 5.74) is 4.16. The van der Waals surface area contributed by atoms with E-state index in [1.807, 2.05) is 60.7 Å². The summed E-state index contributed by atoms with van der Waals surface area (Å²) in [6.45, 7) is 0.932. The van der Waals surface area contributed by atoms with Crippen LogP contribution in [0.3, 0.4) is 0 Å². The number of benzene rings is 5. The van der Waals surface area contributed by atoms with Crippen LogP contribution in [0.2, 0.25) is 0 Å². The summed E-state index contributed by atoms with van der Waals surface area (Å²) in [5.74, 6) is 0.785. The van der Waals surface area contributed by atoms with Crippen molar-refractivity contribution in [1.29, 1.82) is 0 Å². The molecular weight excluding hydrogens is 500 g/mol. The number of nitrogens with one attached hydrogen (secondary N) is 2. The molecule has 5 aromatic carbocycles. The first-order valence-electron chi connectivity index (χ1n) is 12.9. The van der Waals surface area contributed by atoms with Gasteiger partial charge in [-0.2, -0.15) is 0 Å². The lowest BCUT2D eigenvalue weighted by molar-refractivity contribution is 0.102. The Labute approximate surface area is 233 Å². The van der Waals surface area contributed by atoms with Crippen LogP contribution in [0.4, 0.5) is 11.4 Å². The molecule has 198 valence electrons. The third-order valence-corrected chi connectivity index (χ3v) is 6.11. The number of carbonyl (C=O) groups is 2. The van der Waals surface area contributed by atoms with Crippen molar-refractivity contribution in [2.24, 2.45) is 0 Å². The van der Waals surface area contributed by atoms with Gasteiger partial charge in [0, 0.05) is 22.5 Å². The molecule has 0 aromatic heterocycles. The molecule has 2 N–H and O–H groups in total. The lowest BCUT2D eigenvalue weighted by atomic mass is 10.1. The zero-order chi connectivity index (χ0) is 27.6. The highest BCUT2D eigenvalue weighted by Gasteiger charge is 2.12. The van der Waals surface area contributed by atoms with Gasteiger partial charge >= 0.3 is 0 Å². The first kappa shape index (κ1) is 26.3. The number of amides is 2. The smallest absolute Gasteiger partial charge is 0.255 e. The molecule has 0 aliphatic rings. The second-order valence-corrected chi connectivity index (χ2v) is 9.09. The van der Waals surface area contributed by atoms with Crippen molar-refractivity contribution in [1.82, 2.24) is 0 Å². The summed E-state index contributed by atoms with van der Waals surface area (Å²) < 4.78 is 11.6. The van der Waals surface area contributed by atoms with Gasteiger partial charge in [0.15, 0.2) is 0 Å². The van der Waals surface area contributed by atoms with Crippen molar-refractivity contribution in [3.63, 3.8) is 0 Å². The molecule has 0 radical (unpaired) electrons. The highest BCUT2D eigenvalue weighted by Crippen LogP contribution is 2.20. The van der Waals surface area contributed by atoms with E-state index in [-0.39, 0.29) is 11.8 Å². The minimum Gasteiger partial charge on any atom is -0.489 e. The molecule has 5 aromatic rings. The molecule has 0 fully saturated rings. The monoisotopic (exact) mass is 528 g/mol. The Morgan fingerprint density at radius 1 is 0.475 bits per heavy atom. The summed E-state index contributed by atoms with van der Waals surface area (Å²) in [7, 11) is 0. The van der Waals surface area contributed by atoms with Crippen molar-refractivity contribution in [3.05, 3.63) is 156 Å². The van der Waals surface area contributed by atoms with Gasteiger partial charge in [0.25, 0.3) is 11.8 Å². The van der Waals surface area contributed by atoms with Crippen molar-refractivity contribution >= 4 is 23.2 Å². The molecule has 6 heteroatoms. The average Bonchev–Trinajstić information content (AvgIpc) is 3.01. The van der Waals surface area contributed by atoms with Crippen molar-refractivity contribution in [2.45, 2.75) is 13.2 Å². The van der Waals surface area contributed by atoms with Gasteiger partial charge in [0.1, 0.15) is 24.7 Å². The van der Waals surface area contributed by atoms with Crippen LogP contribution >= 0.6 is 0 Å². The Hall–Kier alpha value is -5.36. The SMILES string of the molecule is O=C(Nc1ccc(OCc2ccccc2)cc1)c1cccc(C(=O)Nc2ccc(OCc3ccccc3)cc2)c1. The maximum absolute atomic E-state index is 12.9. The largest absolute Gasteiger partial charge is 0.489 e. The number of hydrogen-bond acceptors (Lipinski definition) is 4. The maximum atomic E-state index is 12.9. The first-order valence-corrected chi connectivity index (χ1v) is 12.9. The Balaban J connectivity index is 1.14. The predicted octanol–water partition coefficient (Wildman–Crippen LogP) is 7.35. The summed E-state index contributed by atoms with van der Waals surface area (Å²) >= 11 is 0. The normalized spacial score (nSPS) is 10.4. The minimum absolute atomic E-state index is 0.312. The molecule has 0 aliphatic heterocycles. The topological polar surface area (TPSA) is 76.7 Å². The van der Waals surface area contributed by atoms with Gasteiger partial charge < -0.3 is 20.1 Å². The second kappa shape index (κ2) is 12.9. The van der Waals surface area contributed by atoms with Crippen LogP contribution in [-0.4, -0.2) is 11.8 Å². The third-order valence-electron chi connectivity index (χ3n) is 6.11. The molecule has 0 aliphatic carbocycles. The van der Waals surface area contributed by atoms with Gasteiger partial charge in [-0.05, 0) is 77.9 Å². The molecule has 40 heavy (non-hydrogen) atoms. The number of anilines is 2. The van der Waals surface area contributed by atoms with Gasteiger partial charge in [0.2, 0.25) is 0 Å². The van der Waals surface area contributed by atoms with Crippen LogP contribution in [0.1, 0.15) is 31.8 Å². The van der Waals surface area contributed by atoms with Gasteiger partial charge in [-0.25, -0.2) is 0 Å². The standard InChI is InChI=1S/C34H28N2O4/c37-33(35-29-14-18-31(19-15-29)39-23-25-8-3-1-4-9-25)27-12-7-13-28(22-27)34(38)36-30-16-20-32(21-17-30)40-24-26-10-5-2-6-11-26/h1-22H,23-24H2,(H,35,37)(H,36,38). The molecule has 6 nitrogen and oxygen atoms in total. The summed E-state index contributed by atoms with van der Waals surface area (Å²) in [5, 5.41) is 5.73. The van der Waals surface area contributed by atoms with E-state index in [1.165, 1.54) is 0 Å². The van der Waals surface area contributed by atoms with Crippen LogP contribution in [0.15, 0.2) is 133 Å². The Bertz CT molecular complexity index is 1440. The summed E-state index contributed by atoms with van der Waals surface area (Å²) in [6.07, 6.45) is 0. The van der Waals surface area contributed by atoms with Crippen LogP contribution in [0.25, 0.3) is 0 Å². The summed E-state index contributed by atoms with van der Waals surface area (Å²) in [4.78, 5) is 25.7. The molecule has 5 rings (SSSR count). The number of carbonyl (C=O) groups excluding carboxylic acids is 2. The lowest BCUT2D eigenvalue weighted by Gasteiger charge is -2.10. The van der Waals surface area contributed by atoms with E-state index in [0.29, 0.717) is 47.2 Å². The second-order valence-electron chi connectivity index (χ2n) is 9.09. The van der Waals surface area contributed by atoms with Gasteiger partial charge in [-0.15, -0.1) is 0 Å². The molecule has 0 bridgehead atoms. The molecule has 2 amide bonds. The highest BCUT2D eigenvalue weighted by atomic mass is 16.5. The van der Waals surface area contributed by atoms with E-state index in [2.05, 4.69) is 10.6 Å². The lowest BCUT2D eigenvalue weighted by Crippen LogP contribution is -2.15. The van der Waals surface area contributed by atoms with E-state index in [9.17, 15) is 9.59 Å². The van der Waals surface area contributed by atoms with Crippen LogP contribution in [0, 0.1) is 0 Å². The van der Waals surface area contributed by atoms with Gasteiger partial charge in [-0.3, -0.25) is 9.59 Å². The zero-order valence-electron chi connectivity index (χ0n) is 21.7. The molecule has 0 saturated carbocycles. The first-order chi connectivity index (χ1) is 19.6. The minimum atomic E-state index is -0.312. The average molecular weight is 529 g/mol. The van der Waals surface area contributed by atoms with Crippen molar-refractivity contribution in [2.75, 3.05) is 10.6 Å². The quantitative estimate of drug-likeness (QED) is 0.199. The fourth-order valence-corrected chi connectivity index (χ4v) is 3.96. The van der Waals surface area contributed by atoms with Crippen molar-refractivity contribution in [3.8, 4) is 11.5 Å². The molecule has 0 spiro atoms. The molecular formula is C34H28N2O4. The molecule has 0 heterocycles. The molecule has 0 saturated heterocycles. The number of hydrogen-bond donors (Lipinski definition) is 2. The fraction of sp³-hybridized carbons (Fsp3) is 0.0588. The Kier molecular flexibility index (Phi) is 8.49. The fourth-order valence-electron chi connectivity index (χ4n) is 3.96. The van der Waals surface area contributed by atoms with Crippen molar-refractivity contribution < 1.29 is 19.1 Å². The number of ether oxygens (including phenoxy) is 2. The highest BCUT2D eigenvalue weighted by molar-refractivity contribution is 6.08. The third kappa shape index (κ3) is 7.36. The number of rotatable bonds is 10. The van der Waals surface area contributed by atoms with E-state index in [4.69, 9.17) is 9.47 Å². The van der Waals surface area contributed by atoms with E-state index < -0.39 is 0 Å². The van der Waals surface area contributed by atoms with Crippen LogP contribution in [0.5, 0.6) is 11.5 Å². The van der Waals surface area contributed by atoms with E-state index >= 15 is 0 Å². The predicted molar refractivity (Wildman–Crippen MR) is 157 cm³/mol.